The highest BCUT2D eigenvalue weighted by Crippen LogP contribution is 2.27. The van der Waals surface area contributed by atoms with Crippen LogP contribution in [0.1, 0.15) is 17.0 Å². The minimum atomic E-state index is 0.719. The summed E-state index contributed by atoms with van der Waals surface area (Å²) in [5, 5.41) is 8.30. The van der Waals surface area contributed by atoms with Gasteiger partial charge in [-0.05, 0) is 43.9 Å². The number of quaternary nitrogens is 1. The topological polar surface area (TPSA) is 60.0 Å². The molecule has 0 spiro atoms. The summed E-state index contributed by atoms with van der Waals surface area (Å²) in [6.07, 6.45) is 0. The Bertz CT molecular complexity index is 1530. The third kappa shape index (κ3) is 4.06. The highest BCUT2D eigenvalue weighted by atomic mass is 16.5. The van der Waals surface area contributed by atoms with Crippen LogP contribution in [0.2, 0.25) is 0 Å². The normalized spacial score (nSPS) is 14.9. The number of piperazine rings is 1. The van der Waals surface area contributed by atoms with Gasteiger partial charge in [-0.3, -0.25) is 0 Å². The first-order valence-corrected chi connectivity index (χ1v) is 12.4. The van der Waals surface area contributed by atoms with Gasteiger partial charge in [0.2, 0.25) is 0 Å². The van der Waals surface area contributed by atoms with Crippen molar-refractivity contribution in [1.29, 1.82) is 0 Å². The molecule has 2 aromatic carbocycles. The van der Waals surface area contributed by atoms with Gasteiger partial charge in [0.1, 0.15) is 24.7 Å². The number of hydrogen-bond donors (Lipinski definition) is 1. The van der Waals surface area contributed by atoms with Crippen molar-refractivity contribution < 1.29 is 9.64 Å². The fourth-order valence-corrected chi connectivity index (χ4v) is 5.28. The molecule has 7 nitrogen and oxygen atoms in total. The molecule has 5 aromatic rings. The number of fused-ring (bicyclic) bond motifs is 4. The van der Waals surface area contributed by atoms with Crippen LogP contribution in [-0.4, -0.2) is 58.9 Å². The molecule has 1 N–H and O–H groups in total. The first kappa shape index (κ1) is 21.8. The molecule has 0 atom stereocenters. The molecule has 0 radical (unpaired) electrons. The second-order valence-corrected chi connectivity index (χ2v) is 9.58. The van der Waals surface area contributed by atoms with Crippen LogP contribution in [-0.2, 0) is 0 Å². The lowest BCUT2D eigenvalue weighted by molar-refractivity contribution is -0.900. The van der Waals surface area contributed by atoms with Crippen molar-refractivity contribution in [1.82, 2.24) is 19.6 Å². The first-order valence-electron chi connectivity index (χ1n) is 12.4. The maximum atomic E-state index is 6.20. The largest absolute Gasteiger partial charge is 0.487 e. The number of ether oxygens (including phenoxy) is 1. The number of benzene rings is 2. The zero-order chi connectivity index (χ0) is 23.9. The van der Waals surface area contributed by atoms with E-state index in [0.717, 1.165) is 79.0 Å². The summed E-state index contributed by atoms with van der Waals surface area (Å²) in [7, 11) is 0. The van der Waals surface area contributed by atoms with Crippen molar-refractivity contribution in [2.45, 2.75) is 20.8 Å². The Morgan fingerprint density at radius 2 is 1.69 bits per heavy atom. The summed E-state index contributed by atoms with van der Waals surface area (Å²) in [5.41, 5.74) is 4.84. The van der Waals surface area contributed by atoms with E-state index in [0.29, 0.717) is 0 Å². The van der Waals surface area contributed by atoms with E-state index in [9.17, 15) is 0 Å². The zero-order valence-corrected chi connectivity index (χ0v) is 20.6. The highest BCUT2D eigenvalue weighted by Gasteiger charge is 2.24. The number of hydrogen-bond acceptors (Lipinski definition) is 5. The van der Waals surface area contributed by atoms with Gasteiger partial charge in [-0.25, -0.2) is 9.97 Å². The minimum Gasteiger partial charge on any atom is -0.487 e. The second-order valence-electron chi connectivity index (χ2n) is 9.58. The minimum absolute atomic E-state index is 0.719. The van der Waals surface area contributed by atoms with Gasteiger partial charge in [-0.2, -0.15) is 4.52 Å². The van der Waals surface area contributed by atoms with E-state index < -0.39 is 0 Å². The number of nitrogens with one attached hydrogen (secondary N) is 1. The number of aromatic nitrogens is 4. The van der Waals surface area contributed by atoms with Crippen molar-refractivity contribution in [3.8, 4) is 5.75 Å². The summed E-state index contributed by atoms with van der Waals surface area (Å²) >= 11 is 0. The van der Waals surface area contributed by atoms with Gasteiger partial charge in [-0.1, -0.05) is 36.4 Å². The molecule has 178 valence electrons. The fraction of sp³-hybridized carbons (Fsp3) is 0.321. The van der Waals surface area contributed by atoms with Crippen molar-refractivity contribution >= 4 is 33.3 Å². The predicted octanol–water partition coefficient (Wildman–Crippen LogP) is 3.14. The van der Waals surface area contributed by atoms with Gasteiger partial charge >= 0.3 is 0 Å². The van der Waals surface area contributed by atoms with E-state index in [4.69, 9.17) is 14.8 Å². The van der Waals surface area contributed by atoms with E-state index in [1.165, 1.54) is 16.3 Å². The lowest BCUT2D eigenvalue weighted by Gasteiger charge is -2.33. The number of nitrogens with zero attached hydrogens (tertiary/aromatic N) is 5. The fourth-order valence-electron chi connectivity index (χ4n) is 5.28. The van der Waals surface area contributed by atoms with Crippen molar-refractivity contribution in [2.75, 3.05) is 44.2 Å². The summed E-state index contributed by atoms with van der Waals surface area (Å²) in [4.78, 5) is 13.5. The molecule has 6 rings (SSSR count). The molecule has 1 fully saturated rings. The average molecular weight is 468 g/mol. The molecule has 7 heteroatoms. The Morgan fingerprint density at radius 1 is 0.914 bits per heavy atom. The van der Waals surface area contributed by atoms with E-state index in [1.807, 2.05) is 11.4 Å². The molecule has 0 aliphatic carbocycles. The number of pyridine rings is 1. The van der Waals surface area contributed by atoms with Crippen LogP contribution in [0.15, 0.2) is 54.6 Å². The molecular weight excluding hydrogens is 436 g/mol. The lowest BCUT2D eigenvalue weighted by Crippen LogP contribution is -3.15. The molecule has 0 saturated carbocycles. The number of anilines is 1. The van der Waals surface area contributed by atoms with E-state index >= 15 is 0 Å². The van der Waals surface area contributed by atoms with Crippen LogP contribution in [0, 0.1) is 20.8 Å². The summed E-state index contributed by atoms with van der Waals surface area (Å²) in [6.45, 7) is 12.0. The molecule has 1 aliphatic heterocycles. The van der Waals surface area contributed by atoms with Gasteiger partial charge in [-0.15, -0.1) is 5.10 Å². The summed E-state index contributed by atoms with van der Waals surface area (Å²) in [6, 6.07) is 18.9. The Morgan fingerprint density at radius 3 is 2.54 bits per heavy atom. The molecule has 0 bridgehead atoms. The van der Waals surface area contributed by atoms with Crippen LogP contribution >= 0.6 is 0 Å². The molecule has 1 aliphatic rings. The maximum absolute atomic E-state index is 6.20. The Balaban J connectivity index is 1.15. The molecule has 4 heterocycles. The Kier molecular flexibility index (Phi) is 5.49. The van der Waals surface area contributed by atoms with Gasteiger partial charge in [0, 0.05) is 22.8 Å². The van der Waals surface area contributed by atoms with Crippen molar-refractivity contribution in [2.24, 2.45) is 0 Å². The molecule has 35 heavy (non-hydrogen) atoms. The third-order valence-electron chi connectivity index (χ3n) is 7.04. The quantitative estimate of drug-likeness (QED) is 0.430. The van der Waals surface area contributed by atoms with Gasteiger partial charge in [0.05, 0.1) is 31.6 Å². The van der Waals surface area contributed by atoms with E-state index in [2.05, 4.69) is 78.3 Å². The average Bonchev–Trinajstić information content (AvgIpc) is 3.22. The molecule has 3 aromatic heterocycles. The van der Waals surface area contributed by atoms with Crippen LogP contribution in [0.3, 0.4) is 0 Å². The van der Waals surface area contributed by atoms with Crippen LogP contribution < -0.4 is 14.5 Å². The van der Waals surface area contributed by atoms with E-state index in [1.54, 1.807) is 4.90 Å². The Hall–Kier alpha value is -3.71. The van der Waals surface area contributed by atoms with Crippen LogP contribution in [0.5, 0.6) is 5.75 Å². The Labute approximate surface area is 205 Å². The first-order chi connectivity index (χ1) is 17.1. The molecule has 0 unspecified atom stereocenters. The molecule has 1 saturated heterocycles. The van der Waals surface area contributed by atoms with Gasteiger partial charge < -0.3 is 14.5 Å². The number of rotatable bonds is 5. The van der Waals surface area contributed by atoms with Gasteiger partial charge in [0.25, 0.3) is 0 Å². The maximum Gasteiger partial charge on any atom is 0.184 e. The smallest absolute Gasteiger partial charge is 0.184 e. The second kappa shape index (κ2) is 8.82. The lowest BCUT2D eigenvalue weighted by atomic mass is 10.1. The predicted molar refractivity (Wildman–Crippen MR) is 140 cm³/mol. The van der Waals surface area contributed by atoms with Gasteiger partial charge in [0.15, 0.2) is 11.3 Å². The van der Waals surface area contributed by atoms with Crippen molar-refractivity contribution in [3.05, 3.63) is 71.5 Å². The van der Waals surface area contributed by atoms with Crippen LogP contribution in [0.4, 0.5) is 5.82 Å². The molecule has 0 amide bonds. The molecular formula is C28H31N6O+. The third-order valence-corrected chi connectivity index (χ3v) is 7.04. The number of aryl methyl sites for hydroxylation is 3. The summed E-state index contributed by atoms with van der Waals surface area (Å²) < 4.78 is 8.19. The standard InChI is InChI=1S/C28H30N6O/c1-19-17-20(2)29-27-26(19)28-30-21(3)18-25(34(28)31-27)33-13-11-32(12-14-33)15-16-35-24-10-6-8-22-7-4-5-9-23(22)24/h4-10,17-18H,11-16H2,1-3H3/p+1. The van der Waals surface area contributed by atoms with E-state index in [-0.39, 0.29) is 0 Å². The zero-order valence-electron chi connectivity index (χ0n) is 20.6. The SMILES string of the molecule is Cc1cc(C)c2c(n1)nn1c(N3CC[NH+](CCOc4cccc5ccccc45)CC3)cc(C)nc21. The summed E-state index contributed by atoms with van der Waals surface area (Å²) in [5.74, 6) is 2.08. The van der Waals surface area contributed by atoms with Crippen LogP contribution in [0.25, 0.3) is 27.5 Å². The monoisotopic (exact) mass is 467 g/mol. The van der Waals surface area contributed by atoms with Crippen molar-refractivity contribution in [3.63, 3.8) is 0 Å². The highest BCUT2D eigenvalue weighted by molar-refractivity contribution is 5.93.